The second kappa shape index (κ2) is 8.95. The molecule has 5 nitrogen and oxygen atoms in total. The molecule has 0 radical (unpaired) electrons. The standard InChI is InChI=1S/C23H26N2O3S/c26-29(27,25-13-1-2-14-25)23-7-3-6-22(19-23)21-10-8-20(9-11-21)5-4-12-24-15-17-28-18-16-24/h1-3,6-11,13-14,19H,4-5,12,15-18H2. The van der Waals surface area contributed by atoms with Crippen LogP contribution in [-0.4, -0.2) is 50.1 Å². The molecule has 4 rings (SSSR count). The molecule has 0 atom stereocenters. The van der Waals surface area contributed by atoms with E-state index in [0.29, 0.717) is 4.90 Å². The highest BCUT2D eigenvalue weighted by Gasteiger charge is 2.16. The van der Waals surface area contributed by atoms with Gasteiger partial charge in [0.15, 0.2) is 0 Å². The van der Waals surface area contributed by atoms with E-state index in [1.54, 1.807) is 42.7 Å². The molecule has 0 spiro atoms. The number of aryl methyl sites for hydroxylation is 1. The van der Waals surface area contributed by atoms with Crippen LogP contribution in [0.15, 0.2) is 78.0 Å². The van der Waals surface area contributed by atoms with E-state index in [1.165, 1.54) is 9.54 Å². The summed E-state index contributed by atoms with van der Waals surface area (Å²) in [6.45, 7) is 4.84. The molecule has 0 amide bonds. The summed E-state index contributed by atoms with van der Waals surface area (Å²) in [7, 11) is -3.55. The maximum Gasteiger partial charge on any atom is 0.267 e. The number of ether oxygens (including phenoxy) is 1. The molecular weight excluding hydrogens is 384 g/mol. The predicted octanol–water partition coefficient (Wildman–Crippen LogP) is 3.66. The van der Waals surface area contributed by atoms with Gasteiger partial charge in [-0.2, -0.15) is 0 Å². The molecule has 1 aliphatic heterocycles. The van der Waals surface area contributed by atoms with E-state index in [-0.39, 0.29) is 0 Å². The van der Waals surface area contributed by atoms with Gasteiger partial charge in [-0.25, -0.2) is 12.4 Å². The molecule has 1 aliphatic rings. The lowest BCUT2D eigenvalue weighted by molar-refractivity contribution is 0.0375. The quantitative estimate of drug-likeness (QED) is 0.597. The van der Waals surface area contributed by atoms with Gasteiger partial charge in [-0.1, -0.05) is 36.4 Å². The second-order valence-corrected chi connectivity index (χ2v) is 9.14. The number of aromatic nitrogens is 1. The zero-order valence-electron chi connectivity index (χ0n) is 16.4. The first-order valence-electron chi connectivity index (χ1n) is 10.0. The molecule has 2 aromatic carbocycles. The summed E-state index contributed by atoms with van der Waals surface area (Å²) in [4.78, 5) is 2.75. The van der Waals surface area contributed by atoms with Crippen LogP contribution in [0.4, 0.5) is 0 Å². The lowest BCUT2D eigenvalue weighted by atomic mass is 10.0. The third-order valence-electron chi connectivity index (χ3n) is 5.32. The zero-order chi connectivity index (χ0) is 20.1. The summed E-state index contributed by atoms with van der Waals surface area (Å²) in [6.07, 6.45) is 5.27. The van der Waals surface area contributed by atoms with E-state index >= 15 is 0 Å². The Morgan fingerprint density at radius 2 is 1.59 bits per heavy atom. The highest BCUT2D eigenvalue weighted by molar-refractivity contribution is 7.90. The van der Waals surface area contributed by atoms with Gasteiger partial charge in [-0.3, -0.25) is 4.90 Å². The Kier molecular flexibility index (Phi) is 6.13. The van der Waals surface area contributed by atoms with Gasteiger partial charge in [0, 0.05) is 25.5 Å². The number of rotatable bonds is 7. The third-order valence-corrected chi connectivity index (χ3v) is 6.97. The molecule has 1 aromatic heterocycles. The van der Waals surface area contributed by atoms with Crippen LogP contribution < -0.4 is 0 Å². The van der Waals surface area contributed by atoms with Crippen molar-refractivity contribution < 1.29 is 13.2 Å². The van der Waals surface area contributed by atoms with Crippen LogP contribution in [0.1, 0.15) is 12.0 Å². The number of hydrogen-bond donors (Lipinski definition) is 0. The summed E-state index contributed by atoms with van der Waals surface area (Å²) >= 11 is 0. The monoisotopic (exact) mass is 410 g/mol. The largest absolute Gasteiger partial charge is 0.379 e. The molecule has 0 aliphatic carbocycles. The molecule has 0 bridgehead atoms. The van der Waals surface area contributed by atoms with Crippen molar-refractivity contribution in [2.24, 2.45) is 0 Å². The van der Waals surface area contributed by atoms with Crippen molar-refractivity contribution >= 4 is 10.0 Å². The number of hydrogen-bond acceptors (Lipinski definition) is 4. The number of benzene rings is 2. The van der Waals surface area contributed by atoms with Gasteiger partial charge in [0.05, 0.1) is 18.1 Å². The van der Waals surface area contributed by atoms with E-state index < -0.39 is 10.0 Å². The average Bonchev–Trinajstić information content (AvgIpc) is 3.31. The summed E-state index contributed by atoms with van der Waals surface area (Å²) in [6, 6.07) is 19.0. The first-order chi connectivity index (χ1) is 14.1. The Bertz CT molecular complexity index is 1020. The van der Waals surface area contributed by atoms with Crippen molar-refractivity contribution in [3.8, 4) is 11.1 Å². The van der Waals surface area contributed by atoms with E-state index in [4.69, 9.17) is 4.74 Å². The van der Waals surface area contributed by atoms with Gasteiger partial charge >= 0.3 is 0 Å². The molecular formula is C23H26N2O3S. The lowest BCUT2D eigenvalue weighted by Gasteiger charge is -2.26. The maximum absolute atomic E-state index is 12.7. The highest BCUT2D eigenvalue weighted by Crippen LogP contribution is 2.24. The Hall–Kier alpha value is -2.41. The van der Waals surface area contributed by atoms with Gasteiger partial charge in [-0.05, 0) is 60.3 Å². The fraction of sp³-hybridized carbons (Fsp3) is 0.304. The summed E-state index contributed by atoms with van der Waals surface area (Å²) < 4.78 is 32.1. The van der Waals surface area contributed by atoms with Crippen LogP contribution in [0.5, 0.6) is 0 Å². The van der Waals surface area contributed by atoms with Crippen molar-refractivity contribution in [1.29, 1.82) is 0 Å². The predicted molar refractivity (Wildman–Crippen MR) is 114 cm³/mol. The van der Waals surface area contributed by atoms with Crippen LogP contribution >= 0.6 is 0 Å². The van der Waals surface area contributed by atoms with Crippen LogP contribution in [0.2, 0.25) is 0 Å². The molecule has 6 heteroatoms. The normalized spacial score (nSPS) is 15.4. The Morgan fingerprint density at radius 1 is 0.862 bits per heavy atom. The smallest absolute Gasteiger partial charge is 0.267 e. The molecule has 2 heterocycles. The minimum absolute atomic E-state index is 0.292. The lowest BCUT2D eigenvalue weighted by Crippen LogP contribution is -2.36. The second-order valence-electron chi connectivity index (χ2n) is 7.30. The number of morpholine rings is 1. The van der Waals surface area contributed by atoms with E-state index in [2.05, 4.69) is 29.2 Å². The SMILES string of the molecule is O=S(=O)(c1cccc(-c2ccc(CCCN3CCOCC3)cc2)c1)n1cccc1. The van der Waals surface area contributed by atoms with Crippen molar-refractivity contribution in [2.75, 3.05) is 32.8 Å². The topological polar surface area (TPSA) is 51.5 Å². The van der Waals surface area contributed by atoms with Gasteiger partial charge < -0.3 is 4.74 Å². The van der Waals surface area contributed by atoms with Gasteiger partial charge in [0.1, 0.15) is 0 Å². The molecule has 3 aromatic rings. The van der Waals surface area contributed by atoms with Crippen LogP contribution in [0.3, 0.4) is 0 Å². The zero-order valence-corrected chi connectivity index (χ0v) is 17.2. The summed E-state index contributed by atoms with van der Waals surface area (Å²) in [5, 5.41) is 0. The van der Waals surface area contributed by atoms with Gasteiger partial charge in [-0.15, -0.1) is 0 Å². The molecule has 152 valence electrons. The molecule has 0 unspecified atom stereocenters. The molecule has 1 saturated heterocycles. The van der Waals surface area contributed by atoms with Crippen LogP contribution in [-0.2, 0) is 21.2 Å². The molecule has 29 heavy (non-hydrogen) atoms. The Labute approximate surface area is 172 Å². The number of nitrogens with zero attached hydrogens (tertiary/aromatic N) is 2. The fourth-order valence-corrected chi connectivity index (χ4v) is 4.86. The summed E-state index contributed by atoms with van der Waals surface area (Å²) in [5.41, 5.74) is 3.22. The van der Waals surface area contributed by atoms with E-state index in [9.17, 15) is 8.42 Å². The minimum atomic E-state index is -3.55. The minimum Gasteiger partial charge on any atom is -0.379 e. The summed E-state index contributed by atoms with van der Waals surface area (Å²) in [5.74, 6) is 0. The van der Waals surface area contributed by atoms with Crippen molar-refractivity contribution in [1.82, 2.24) is 8.87 Å². The van der Waals surface area contributed by atoms with E-state index in [0.717, 1.165) is 56.8 Å². The van der Waals surface area contributed by atoms with Gasteiger partial charge in [0.2, 0.25) is 0 Å². The maximum atomic E-state index is 12.7. The third kappa shape index (κ3) is 4.78. The Morgan fingerprint density at radius 3 is 2.31 bits per heavy atom. The highest BCUT2D eigenvalue weighted by atomic mass is 32.2. The van der Waals surface area contributed by atoms with Gasteiger partial charge in [0.25, 0.3) is 10.0 Å². The first-order valence-corrected chi connectivity index (χ1v) is 11.4. The fourth-order valence-electron chi connectivity index (χ4n) is 3.63. The van der Waals surface area contributed by atoms with Crippen molar-refractivity contribution in [3.63, 3.8) is 0 Å². The van der Waals surface area contributed by atoms with E-state index in [1.807, 2.05) is 6.07 Å². The van der Waals surface area contributed by atoms with Crippen molar-refractivity contribution in [2.45, 2.75) is 17.7 Å². The van der Waals surface area contributed by atoms with Crippen molar-refractivity contribution in [3.05, 3.63) is 78.6 Å². The van der Waals surface area contributed by atoms with Crippen LogP contribution in [0.25, 0.3) is 11.1 Å². The Balaban J connectivity index is 1.42. The average molecular weight is 411 g/mol. The first kappa shape index (κ1) is 19.9. The van der Waals surface area contributed by atoms with Crippen LogP contribution in [0, 0.1) is 0 Å². The molecule has 0 saturated carbocycles. The molecule has 0 N–H and O–H groups in total. The molecule has 1 fully saturated rings.